The SMILES string of the molecule is CC(=O)Oc1ccccc1C1=NN(C(C)=O)C(c2ccc(Cl)c([N+](=O)[O-])c2)O1. The Hall–Kier alpha value is -3.46. The van der Waals surface area contributed by atoms with Gasteiger partial charge < -0.3 is 9.47 Å². The lowest BCUT2D eigenvalue weighted by Gasteiger charge is -2.19. The van der Waals surface area contributed by atoms with Crippen LogP contribution in [-0.4, -0.2) is 27.7 Å². The van der Waals surface area contributed by atoms with Crippen molar-refractivity contribution in [3.63, 3.8) is 0 Å². The number of benzene rings is 2. The molecule has 0 aliphatic carbocycles. The first-order chi connectivity index (χ1) is 13.3. The van der Waals surface area contributed by atoms with Crippen LogP contribution in [-0.2, 0) is 14.3 Å². The van der Waals surface area contributed by atoms with E-state index in [0.29, 0.717) is 11.1 Å². The van der Waals surface area contributed by atoms with Gasteiger partial charge in [0.1, 0.15) is 10.8 Å². The molecule has 0 N–H and O–H groups in total. The molecule has 28 heavy (non-hydrogen) atoms. The number of nitro benzene ring substituents is 1. The molecule has 0 fully saturated rings. The van der Waals surface area contributed by atoms with Crippen molar-refractivity contribution in [2.75, 3.05) is 0 Å². The summed E-state index contributed by atoms with van der Waals surface area (Å²) in [6.07, 6.45) is -1.03. The normalized spacial score (nSPS) is 15.6. The smallest absolute Gasteiger partial charge is 0.308 e. The summed E-state index contributed by atoms with van der Waals surface area (Å²) < 4.78 is 11.0. The number of rotatable bonds is 4. The lowest BCUT2D eigenvalue weighted by Crippen LogP contribution is -2.25. The number of esters is 1. The average molecular weight is 404 g/mol. The van der Waals surface area contributed by atoms with E-state index in [2.05, 4.69) is 5.10 Å². The van der Waals surface area contributed by atoms with E-state index in [0.717, 1.165) is 5.01 Å². The Kier molecular flexibility index (Phi) is 5.27. The van der Waals surface area contributed by atoms with Gasteiger partial charge in [-0.1, -0.05) is 29.8 Å². The number of nitrogens with zero attached hydrogens (tertiary/aromatic N) is 3. The van der Waals surface area contributed by atoms with Gasteiger partial charge in [0.05, 0.1) is 10.5 Å². The fraction of sp³-hybridized carbons (Fsp3) is 0.167. The standard InChI is InChI=1S/C18H14ClN3O6/c1-10(23)21-18(12-7-8-14(19)15(9-12)22(25)26)28-17(20-21)13-5-3-4-6-16(13)27-11(2)24/h3-9,18H,1-2H3. The summed E-state index contributed by atoms with van der Waals surface area (Å²) in [5.41, 5.74) is 0.352. The minimum atomic E-state index is -1.03. The van der Waals surface area contributed by atoms with Crippen LogP contribution in [0.15, 0.2) is 47.6 Å². The van der Waals surface area contributed by atoms with Gasteiger partial charge in [0, 0.05) is 25.5 Å². The van der Waals surface area contributed by atoms with Crippen LogP contribution in [0.25, 0.3) is 0 Å². The summed E-state index contributed by atoms with van der Waals surface area (Å²) in [6.45, 7) is 2.54. The van der Waals surface area contributed by atoms with E-state index in [4.69, 9.17) is 21.1 Å². The van der Waals surface area contributed by atoms with Crippen LogP contribution in [0.3, 0.4) is 0 Å². The zero-order valence-corrected chi connectivity index (χ0v) is 15.5. The van der Waals surface area contributed by atoms with Crippen molar-refractivity contribution in [2.45, 2.75) is 20.1 Å². The van der Waals surface area contributed by atoms with Gasteiger partial charge in [-0.05, 0) is 18.2 Å². The molecule has 10 heteroatoms. The molecule has 9 nitrogen and oxygen atoms in total. The van der Waals surface area contributed by atoms with Gasteiger partial charge in [-0.2, -0.15) is 5.01 Å². The van der Waals surface area contributed by atoms with E-state index >= 15 is 0 Å². The first-order valence-corrected chi connectivity index (χ1v) is 8.42. The molecule has 0 bridgehead atoms. The van der Waals surface area contributed by atoms with Crippen molar-refractivity contribution in [3.05, 3.63) is 68.7 Å². The van der Waals surface area contributed by atoms with Crippen molar-refractivity contribution in [2.24, 2.45) is 5.10 Å². The highest BCUT2D eigenvalue weighted by Gasteiger charge is 2.35. The molecular weight excluding hydrogens is 390 g/mol. The third kappa shape index (κ3) is 3.79. The van der Waals surface area contributed by atoms with Gasteiger partial charge >= 0.3 is 5.97 Å². The Morgan fingerprint density at radius 1 is 1.25 bits per heavy atom. The molecule has 1 aliphatic heterocycles. The molecule has 1 unspecified atom stereocenters. The summed E-state index contributed by atoms with van der Waals surface area (Å²) >= 11 is 5.85. The minimum Gasteiger partial charge on any atom is -0.446 e. The van der Waals surface area contributed by atoms with E-state index in [1.165, 1.54) is 32.0 Å². The molecule has 3 rings (SSSR count). The molecule has 2 aromatic rings. The van der Waals surface area contributed by atoms with Crippen molar-refractivity contribution >= 4 is 35.1 Å². The number of hydrazone groups is 1. The second-order valence-corrected chi connectivity index (χ2v) is 6.20. The summed E-state index contributed by atoms with van der Waals surface area (Å²) in [6, 6.07) is 10.6. The van der Waals surface area contributed by atoms with Crippen LogP contribution >= 0.6 is 11.6 Å². The Morgan fingerprint density at radius 3 is 2.61 bits per heavy atom. The van der Waals surface area contributed by atoms with Gasteiger partial charge in [0.2, 0.25) is 18.0 Å². The first-order valence-electron chi connectivity index (χ1n) is 8.04. The van der Waals surface area contributed by atoms with E-state index in [1.807, 2.05) is 0 Å². The first kappa shape index (κ1) is 19.3. The quantitative estimate of drug-likeness (QED) is 0.334. The largest absolute Gasteiger partial charge is 0.446 e. The molecule has 1 heterocycles. The van der Waals surface area contributed by atoms with Gasteiger partial charge in [0.25, 0.3) is 5.69 Å². The highest BCUT2D eigenvalue weighted by Crippen LogP contribution is 2.35. The summed E-state index contributed by atoms with van der Waals surface area (Å²) in [4.78, 5) is 33.9. The van der Waals surface area contributed by atoms with E-state index < -0.39 is 23.0 Å². The summed E-state index contributed by atoms with van der Waals surface area (Å²) in [5.74, 6) is -0.725. The highest BCUT2D eigenvalue weighted by molar-refractivity contribution is 6.32. The molecule has 0 radical (unpaired) electrons. The molecule has 1 amide bonds. The van der Waals surface area contributed by atoms with Crippen molar-refractivity contribution in [1.29, 1.82) is 0 Å². The zero-order valence-electron chi connectivity index (χ0n) is 14.8. The summed E-state index contributed by atoms with van der Waals surface area (Å²) in [5, 5.41) is 16.3. The lowest BCUT2D eigenvalue weighted by atomic mass is 10.1. The maximum absolute atomic E-state index is 12.0. The van der Waals surface area contributed by atoms with Gasteiger partial charge in [0.15, 0.2) is 0 Å². The monoisotopic (exact) mass is 403 g/mol. The third-order valence-corrected chi connectivity index (χ3v) is 4.11. The average Bonchev–Trinajstić information content (AvgIpc) is 3.07. The summed E-state index contributed by atoms with van der Waals surface area (Å²) in [7, 11) is 0. The Bertz CT molecular complexity index is 1010. The van der Waals surface area contributed by atoms with Crippen LogP contribution in [0, 0.1) is 10.1 Å². The predicted molar refractivity (Wildman–Crippen MR) is 98.7 cm³/mol. The van der Waals surface area contributed by atoms with Crippen LogP contribution in [0.4, 0.5) is 5.69 Å². The van der Waals surface area contributed by atoms with Crippen LogP contribution < -0.4 is 4.74 Å². The number of carbonyl (C=O) groups is 2. The molecule has 1 atom stereocenters. The van der Waals surface area contributed by atoms with Crippen LogP contribution in [0.5, 0.6) is 5.75 Å². The zero-order chi connectivity index (χ0) is 20.4. The van der Waals surface area contributed by atoms with E-state index in [1.54, 1.807) is 24.3 Å². The van der Waals surface area contributed by atoms with Crippen LogP contribution in [0.2, 0.25) is 5.02 Å². The van der Waals surface area contributed by atoms with Gasteiger partial charge in [-0.15, -0.1) is 5.10 Å². The fourth-order valence-electron chi connectivity index (χ4n) is 2.60. The second-order valence-electron chi connectivity index (χ2n) is 5.80. The molecule has 0 saturated heterocycles. The lowest BCUT2D eigenvalue weighted by molar-refractivity contribution is -0.384. The number of para-hydroxylation sites is 1. The van der Waals surface area contributed by atoms with Crippen molar-refractivity contribution in [1.82, 2.24) is 5.01 Å². The van der Waals surface area contributed by atoms with E-state index in [9.17, 15) is 19.7 Å². The maximum Gasteiger partial charge on any atom is 0.308 e. The molecule has 0 spiro atoms. The molecule has 1 aliphatic rings. The number of carbonyl (C=O) groups excluding carboxylic acids is 2. The molecule has 0 saturated carbocycles. The van der Waals surface area contributed by atoms with Crippen LogP contribution in [0.1, 0.15) is 31.2 Å². The number of ether oxygens (including phenoxy) is 2. The maximum atomic E-state index is 12.0. The van der Waals surface area contributed by atoms with Crippen molar-refractivity contribution < 1.29 is 24.0 Å². The number of hydrogen-bond acceptors (Lipinski definition) is 7. The van der Waals surface area contributed by atoms with Crippen molar-refractivity contribution in [3.8, 4) is 5.75 Å². The Balaban J connectivity index is 2.01. The minimum absolute atomic E-state index is 0.0367. The Morgan fingerprint density at radius 2 is 1.96 bits per heavy atom. The number of hydrogen-bond donors (Lipinski definition) is 0. The highest BCUT2D eigenvalue weighted by atomic mass is 35.5. The number of nitro groups is 1. The fourth-order valence-corrected chi connectivity index (χ4v) is 2.79. The van der Waals surface area contributed by atoms with Gasteiger partial charge in [-0.3, -0.25) is 19.7 Å². The third-order valence-electron chi connectivity index (χ3n) is 3.79. The molecular formula is C18H14ClN3O6. The topological polar surface area (TPSA) is 111 Å². The molecule has 0 aromatic heterocycles. The van der Waals surface area contributed by atoms with E-state index in [-0.39, 0.29) is 22.4 Å². The molecule has 2 aromatic carbocycles. The number of amides is 1. The van der Waals surface area contributed by atoms with Gasteiger partial charge in [-0.25, -0.2) is 0 Å². The Labute approximate surface area is 164 Å². The second kappa shape index (κ2) is 7.65. The predicted octanol–water partition coefficient (Wildman–Crippen LogP) is 3.41. The molecule has 144 valence electrons. The number of halogens is 1.